The lowest BCUT2D eigenvalue weighted by Gasteiger charge is -2.10. The van der Waals surface area contributed by atoms with E-state index in [4.69, 9.17) is 11.6 Å². The Hall–Kier alpha value is -2.38. The lowest BCUT2D eigenvalue weighted by atomic mass is 9.98. The molecule has 3 aromatic heterocycles. The average molecular weight is 311 g/mol. The van der Waals surface area contributed by atoms with Crippen LogP contribution in [0.1, 0.15) is 36.6 Å². The lowest BCUT2D eigenvalue weighted by molar-refractivity contribution is 0.767. The van der Waals surface area contributed by atoms with E-state index in [2.05, 4.69) is 40.8 Å². The van der Waals surface area contributed by atoms with Gasteiger partial charge >= 0.3 is 0 Å². The number of pyridine rings is 2. The van der Waals surface area contributed by atoms with Gasteiger partial charge in [-0.1, -0.05) is 31.4 Å². The Labute approximate surface area is 134 Å². The first-order valence-electron chi connectivity index (χ1n) is 6.99. The quantitative estimate of drug-likeness (QED) is 0.510. The molecular formula is C17H15ClN4. The van der Waals surface area contributed by atoms with E-state index >= 15 is 0 Å². The third-order valence-corrected chi connectivity index (χ3v) is 3.63. The SMILES string of the molecule is CC(C)c1cnc(C#Cc2cnn(C)c2)c2cnc(Cl)cc12. The number of aromatic nitrogens is 4. The third-order valence-electron chi connectivity index (χ3n) is 3.42. The van der Waals surface area contributed by atoms with Gasteiger partial charge in [-0.25, -0.2) is 9.97 Å². The first-order valence-corrected chi connectivity index (χ1v) is 7.37. The standard InChI is InChI=1S/C17H15ClN4/c1-11(2)14-8-19-16(5-4-12-7-21-22(3)10-12)15-9-20-17(18)6-13(14)15/h6-11H,1-3H3. The fraction of sp³-hybridized carbons (Fsp3) is 0.235. The largest absolute Gasteiger partial charge is 0.275 e. The zero-order chi connectivity index (χ0) is 15.7. The fourth-order valence-electron chi connectivity index (χ4n) is 2.31. The van der Waals surface area contributed by atoms with E-state index in [9.17, 15) is 0 Å². The predicted octanol–water partition coefficient (Wildman–Crippen LogP) is 3.54. The molecule has 5 heteroatoms. The molecule has 0 N–H and O–H groups in total. The van der Waals surface area contributed by atoms with Crippen molar-refractivity contribution in [1.29, 1.82) is 0 Å². The van der Waals surface area contributed by atoms with E-state index in [0.717, 1.165) is 21.9 Å². The minimum absolute atomic E-state index is 0.355. The van der Waals surface area contributed by atoms with Crippen LogP contribution in [0.3, 0.4) is 0 Å². The number of rotatable bonds is 1. The summed E-state index contributed by atoms with van der Waals surface area (Å²) in [4.78, 5) is 8.66. The summed E-state index contributed by atoms with van der Waals surface area (Å²) < 4.78 is 1.72. The Morgan fingerprint density at radius 3 is 2.59 bits per heavy atom. The van der Waals surface area contributed by atoms with Crippen LogP contribution in [-0.4, -0.2) is 19.7 Å². The number of nitrogens with zero attached hydrogens (tertiary/aromatic N) is 4. The number of hydrogen-bond acceptors (Lipinski definition) is 3. The van der Waals surface area contributed by atoms with E-state index in [1.807, 2.05) is 25.5 Å². The van der Waals surface area contributed by atoms with Crippen molar-refractivity contribution in [3.63, 3.8) is 0 Å². The summed E-state index contributed by atoms with van der Waals surface area (Å²) in [5, 5.41) is 6.56. The van der Waals surface area contributed by atoms with Crippen molar-refractivity contribution in [2.24, 2.45) is 7.05 Å². The first kappa shape index (κ1) is 14.6. The highest BCUT2D eigenvalue weighted by Gasteiger charge is 2.10. The maximum Gasteiger partial charge on any atom is 0.129 e. The van der Waals surface area contributed by atoms with Gasteiger partial charge in [-0.05, 0) is 28.9 Å². The molecule has 0 bridgehead atoms. The summed E-state index contributed by atoms with van der Waals surface area (Å²) in [5.74, 6) is 6.54. The molecule has 0 aromatic carbocycles. The molecule has 0 saturated heterocycles. The van der Waals surface area contributed by atoms with Gasteiger partial charge in [0.05, 0.1) is 11.8 Å². The average Bonchev–Trinajstić information content (AvgIpc) is 2.89. The van der Waals surface area contributed by atoms with Crippen molar-refractivity contribution < 1.29 is 0 Å². The van der Waals surface area contributed by atoms with E-state index in [1.54, 1.807) is 17.1 Å². The predicted molar refractivity (Wildman–Crippen MR) is 87.8 cm³/mol. The highest BCUT2D eigenvalue weighted by molar-refractivity contribution is 6.30. The van der Waals surface area contributed by atoms with Gasteiger partial charge in [-0.2, -0.15) is 5.10 Å². The maximum atomic E-state index is 6.04. The molecule has 110 valence electrons. The number of halogens is 1. The van der Waals surface area contributed by atoms with Crippen molar-refractivity contribution in [3.05, 3.63) is 52.8 Å². The molecule has 0 fully saturated rings. The summed E-state index contributed by atoms with van der Waals surface area (Å²) in [5.41, 5.74) is 2.70. The molecule has 0 spiro atoms. The molecule has 3 rings (SSSR count). The van der Waals surface area contributed by atoms with Crippen LogP contribution in [0.25, 0.3) is 10.8 Å². The topological polar surface area (TPSA) is 43.6 Å². The van der Waals surface area contributed by atoms with E-state index in [-0.39, 0.29) is 0 Å². The minimum atomic E-state index is 0.355. The molecule has 0 amide bonds. The number of hydrogen-bond donors (Lipinski definition) is 0. The Morgan fingerprint density at radius 2 is 1.91 bits per heavy atom. The Bertz CT molecular complexity index is 900. The van der Waals surface area contributed by atoms with E-state index < -0.39 is 0 Å². The van der Waals surface area contributed by atoms with Crippen LogP contribution < -0.4 is 0 Å². The van der Waals surface area contributed by atoms with Gasteiger partial charge in [-0.3, -0.25) is 4.68 Å². The molecule has 3 aromatic rings. The molecule has 22 heavy (non-hydrogen) atoms. The second-order valence-corrected chi connectivity index (χ2v) is 5.81. The molecule has 0 aliphatic heterocycles. The van der Waals surface area contributed by atoms with Gasteiger partial charge in [0.2, 0.25) is 0 Å². The Kier molecular flexibility index (Phi) is 3.82. The van der Waals surface area contributed by atoms with Gasteiger partial charge in [0.1, 0.15) is 10.8 Å². The van der Waals surface area contributed by atoms with Gasteiger partial charge in [0, 0.05) is 31.0 Å². The van der Waals surface area contributed by atoms with E-state index in [1.165, 1.54) is 0 Å². The highest BCUT2D eigenvalue weighted by Crippen LogP contribution is 2.27. The van der Waals surface area contributed by atoms with Crippen LogP contribution >= 0.6 is 11.6 Å². The first-order chi connectivity index (χ1) is 10.5. The maximum absolute atomic E-state index is 6.04. The monoisotopic (exact) mass is 310 g/mol. The van der Waals surface area contributed by atoms with Crippen LogP contribution in [0.4, 0.5) is 0 Å². The second kappa shape index (κ2) is 5.78. The zero-order valence-electron chi connectivity index (χ0n) is 12.6. The van der Waals surface area contributed by atoms with Crippen LogP contribution in [0.5, 0.6) is 0 Å². The summed E-state index contributed by atoms with van der Waals surface area (Å²) >= 11 is 6.04. The van der Waals surface area contributed by atoms with Crippen LogP contribution in [0.15, 0.2) is 30.9 Å². The fourth-order valence-corrected chi connectivity index (χ4v) is 2.47. The van der Waals surface area contributed by atoms with Crippen molar-refractivity contribution >= 4 is 22.4 Å². The van der Waals surface area contributed by atoms with Crippen molar-refractivity contribution in [2.75, 3.05) is 0 Å². The lowest BCUT2D eigenvalue weighted by Crippen LogP contribution is -1.96. The van der Waals surface area contributed by atoms with Crippen molar-refractivity contribution in [1.82, 2.24) is 19.7 Å². The molecule has 0 unspecified atom stereocenters. The summed E-state index contributed by atoms with van der Waals surface area (Å²) in [7, 11) is 1.86. The molecular weight excluding hydrogens is 296 g/mol. The summed E-state index contributed by atoms with van der Waals surface area (Å²) in [6.45, 7) is 4.26. The molecule has 0 atom stereocenters. The molecule has 3 heterocycles. The normalized spacial score (nSPS) is 10.8. The number of fused-ring (bicyclic) bond motifs is 1. The summed E-state index contributed by atoms with van der Waals surface area (Å²) in [6, 6.07) is 1.88. The Balaban J connectivity index is 2.15. The highest BCUT2D eigenvalue weighted by atomic mass is 35.5. The third kappa shape index (κ3) is 2.81. The summed E-state index contributed by atoms with van der Waals surface area (Å²) in [6.07, 6.45) is 7.21. The molecule has 0 aliphatic rings. The zero-order valence-corrected chi connectivity index (χ0v) is 13.4. The van der Waals surface area contributed by atoms with Crippen molar-refractivity contribution in [3.8, 4) is 11.8 Å². The molecule has 0 radical (unpaired) electrons. The van der Waals surface area contributed by atoms with Gasteiger partial charge < -0.3 is 0 Å². The van der Waals surface area contributed by atoms with Crippen LogP contribution in [0.2, 0.25) is 5.15 Å². The molecule has 4 nitrogen and oxygen atoms in total. The second-order valence-electron chi connectivity index (χ2n) is 5.42. The van der Waals surface area contributed by atoms with Gasteiger partial charge in [0.15, 0.2) is 0 Å². The van der Waals surface area contributed by atoms with Gasteiger partial charge in [0.25, 0.3) is 0 Å². The Morgan fingerprint density at radius 1 is 1.09 bits per heavy atom. The van der Waals surface area contributed by atoms with Crippen LogP contribution in [-0.2, 0) is 7.05 Å². The minimum Gasteiger partial charge on any atom is -0.275 e. The van der Waals surface area contributed by atoms with Gasteiger partial charge in [-0.15, -0.1) is 0 Å². The van der Waals surface area contributed by atoms with Crippen molar-refractivity contribution in [2.45, 2.75) is 19.8 Å². The molecule has 0 saturated carbocycles. The number of aryl methyl sites for hydroxylation is 1. The molecule has 0 aliphatic carbocycles. The smallest absolute Gasteiger partial charge is 0.129 e. The van der Waals surface area contributed by atoms with Crippen LogP contribution in [0, 0.1) is 11.8 Å². The van der Waals surface area contributed by atoms with E-state index in [0.29, 0.717) is 16.8 Å².